The van der Waals surface area contributed by atoms with Crippen molar-refractivity contribution in [3.8, 4) is 11.5 Å². The number of hydrogen-bond donors (Lipinski definition) is 1. The number of halogens is 1. The summed E-state index contributed by atoms with van der Waals surface area (Å²) < 4.78 is 11.4. The number of benzene rings is 2. The monoisotopic (exact) mass is 389 g/mol. The van der Waals surface area contributed by atoms with Crippen molar-refractivity contribution in [2.45, 2.75) is 13.0 Å². The smallest absolute Gasteiger partial charge is 0.244 e. The summed E-state index contributed by atoms with van der Waals surface area (Å²) in [6.45, 7) is 1.94. The van der Waals surface area contributed by atoms with Crippen LogP contribution in [0.5, 0.6) is 11.5 Å². The average Bonchev–Trinajstić information content (AvgIpc) is 2.59. The van der Waals surface area contributed by atoms with E-state index in [1.807, 2.05) is 43.3 Å². The van der Waals surface area contributed by atoms with Crippen LogP contribution in [-0.4, -0.2) is 20.1 Å². The maximum Gasteiger partial charge on any atom is 0.244 e. The molecule has 0 aliphatic rings. The van der Waals surface area contributed by atoms with E-state index in [1.165, 1.54) is 6.08 Å². The molecule has 4 nitrogen and oxygen atoms in total. The molecule has 1 atom stereocenters. The Morgan fingerprint density at radius 3 is 2.33 bits per heavy atom. The summed E-state index contributed by atoms with van der Waals surface area (Å²) in [5.74, 6) is 1.19. The van der Waals surface area contributed by atoms with Crippen LogP contribution in [0.1, 0.15) is 24.1 Å². The van der Waals surface area contributed by atoms with E-state index in [4.69, 9.17) is 9.47 Å². The van der Waals surface area contributed by atoms with Gasteiger partial charge >= 0.3 is 0 Å². The first-order valence-corrected chi connectivity index (χ1v) is 8.29. The van der Waals surface area contributed by atoms with Gasteiger partial charge in [-0.2, -0.15) is 0 Å². The van der Waals surface area contributed by atoms with E-state index < -0.39 is 0 Å². The van der Waals surface area contributed by atoms with Crippen LogP contribution in [0, 0.1) is 0 Å². The Morgan fingerprint density at radius 2 is 1.75 bits per heavy atom. The number of nitrogens with one attached hydrogen (secondary N) is 1. The fourth-order valence-corrected chi connectivity index (χ4v) is 2.89. The number of rotatable bonds is 6. The molecular weight excluding hydrogens is 370 g/mol. The zero-order valence-electron chi connectivity index (χ0n) is 13.9. The number of ether oxygens (including phenoxy) is 2. The van der Waals surface area contributed by atoms with Crippen molar-refractivity contribution in [3.05, 3.63) is 64.1 Å². The molecule has 5 heteroatoms. The fourth-order valence-electron chi connectivity index (χ4n) is 2.26. The Kier molecular flexibility index (Phi) is 6.44. The van der Waals surface area contributed by atoms with Crippen molar-refractivity contribution in [1.82, 2.24) is 5.32 Å². The van der Waals surface area contributed by atoms with Gasteiger partial charge in [-0.05, 0) is 42.3 Å². The molecule has 1 amide bonds. The van der Waals surface area contributed by atoms with Crippen molar-refractivity contribution < 1.29 is 14.3 Å². The van der Waals surface area contributed by atoms with Crippen LogP contribution in [0.2, 0.25) is 0 Å². The molecule has 0 saturated heterocycles. The Morgan fingerprint density at radius 1 is 1.12 bits per heavy atom. The predicted molar refractivity (Wildman–Crippen MR) is 99.3 cm³/mol. The van der Waals surface area contributed by atoms with Gasteiger partial charge in [0.1, 0.15) is 11.5 Å². The Balaban J connectivity index is 2.06. The van der Waals surface area contributed by atoms with Crippen LogP contribution in [0.4, 0.5) is 0 Å². The first-order valence-electron chi connectivity index (χ1n) is 7.49. The van der Waals surface area contributed by atoms with Crippen LogP contribution in [0.15, 0.2) is 53.0 Å². The molecule has 0 aromatic heterocycles. The van der Waals surface area contributed by atoms with Gasteiger partial charge in [0.15, 0.2) is 0 Å². The minimum atomic E-state index is -0.167. The lowest BCUT2D eigenvalue weighted by Crippen LogP contribution is -2.24. The molecule has 1 N–H and O–H groups in total. The van der Waals surface area contributed by atoms with Crippen LogP contribution in [0.3, 0.4) is 0 Å². The lowest BCUT2D eigenvalue weighted by molar-refractivity contribution is -0.117. The van der Waals surface area contributed by atoms with Gasteiger partial charge < -0.3 is 14.8 Å². The Hall–Kier alpha value is -2.27. The van der Waals surface area contributed by atoms with Gasteiger partial charge in [-0.25, -0.2) is 0 Å². The summed E-state index contributed by atoms with van der Waals surface area (Å²) in [4.78, 5) is 12.1. The van der Waals surface area contributed by atoms with E-state index in [0.29, 0.717) is 11.5 Å². The summed E-state index contributed by atoms with van der Waals surface area (Å²) in [5, 5.41) is 2.95. The highest BCUT2D eigenvalue weighted by molar-refractivity contribution is 9.10. The largest absolute Gasteiger partial charge is 0.497 e. The number of methoxy groups -OCH3 is 2. The molecule has 0 aliphatic heterocycles. The van der Waals surface area contributed by atoms with Gasteiger partial charge in [-0.15, -0.1) is 0 Å². The second kappa shape index (κ2) is 8.55. The van der Waals surface area contributed by atoms with Gasteiger partial charge in [-0.1, -0.05) is 34.1 Å². The zero-order chi connectivity index (χ0) is 17.5. The van der Waals surface area contributed by atoms with E-state index in [2.05, 4.69) is 21.2 Å². The van der Waals surface area contributed by atoms with Gasteiger partial charge in [-0.3, -0.25) is 4.79 Å². The maximum atomic E-state index is 12.1. The van der Waals surface area contributed by atoms with Crippen molar-refractivity contribution in [3.63, 3.8) is 0 Å². The molecule has 0 spiro atoms. The average molecular weight is 390 g/mol. The third kappa shape index (κ3) is 4.86. The van der Waals surface area contributed by atoms with Gasteiger partial charge in [0.25, 0.3) is 0 Å². The molecule has 0 fully saturated rings. The van der Waals surface area contributed by atoms with Gasteiger partial charge in [0.05, 0.1) is 20.3 Å². The van der Waals surface area contributed by atoms with Gasteiger partial charge in [0, 0.05) is 16.6 Å². The molecule has 126 valence electrons. The number of carbonyl (C=O) groups is 1. The lowest BCUT2D eigenvalue weighted by Gasteiger charge is -2.14. The van der Waals surface area contributed by atoms with Crippen LogP contribution in [0.25, 0.3) is 6.08 Å². The molecule has 2 aromatic rings. The summed E-state index contributed by atoms with van der Waals surface area (Å²) >= 11 is 3.50. The summed E-state index contributed by atoms with van der Waals surface area (Å²) in [7, 11) is 3.18. The van der Waals surface area contributed by atoms with Crippen molar-refractivity contribution in [2.75, 3.05) is 14.2 Å². The van der Waals surface area contributed by atoms with Crippen molar-refractivity contribution in [1.29, 1.82) is 0 Å². The SMILES string of the molecule is COc1cc(/C=C/C(=O)NC(C)c2ccccc2Br)cc(OC)c1. The summed E-state index contributed by atoms with van der Waals surface area (Å²) in [5.41, 5.74) is 1.86. The van der Waals surface area contributed by atoms with Crippen LogP contribution < -0.4 is 14.8 Å². The van der Waals surface area contributed by atoms with E-state index in [1.54, 1.807) is 26.4 Å². The maximum absolute atomic E-state index is 12.1. The minimum absolute atomic E-state index is 0.0995. The molecule has 0 saturated carbocycles. The highest BCUT2D eigenvalue weighted by atomic mass is 79.9. The summed E-state index contributed by atoms with van der Waals surface area (Å²) in [6.07, 6.45) is 3.23. The van der Waals surface area contributed by atoms with E-state index in [-0.39, 0.29) is 11.9 Å². The quantitative estimate of drug-likeness (QED) is 0.746. The normalized spacial score (nSPS) is 12.0. The third-order valence-electron chi connectivity index (χ3n) is 3.53. The highest BCUT2D eigenvalue weighted by Crippen LogP contribution is 2.24. The lowest BCUT2D eigenvalue weighted by atomic mass is 10.1. The molecule has 1 unspecified atom stereocenters. The molecule has 0 aliphatic carbocycles. The first kappa shape index (κ1) is 18.1. The molecule has 0 heterocycles. The molecule has 0 bridgehead atoms. The molecule has 2 aromatic carbocycles. The fraction of sp³-hybridized carbons (Fsp3) is 0.211. The van der Waals surface area contributed by atoms with Crippen LogP contribution >= 0.6 is 15.9 Å². The van der Waals surface area contributed by atoms with Gasteiger partial charge in [0.2, 0.25) is 5.91 Å². The Bertz CT molecular complexity index is 721. The second-order valence-electron chi connectivity index (χ2n) is 5.23. The zero-order valence-corrected chi connectivity index (χ0v) is 15.5. The Labute approximate surface area is 150 Å². The van der Waals surface area contributed by atoms with E-state index in [9.17, 15) is 4.79 Å². The standard InChI is InChI=1S/C19H20BrNO3/c1-13(17-6-4-5-7-18(17)20)21-19(22)9-8-14-10-15(23-2)12-16(11-14)24-3/h4-13H,1-3H3,(H,21,22)/b9-8+. The van der Waals surface area contributed by atoms with Crippen LogP contribution in [-0.2, 0) is 4.79 Å². The summed E-state index contributed by atoms with van der Waals surface area (Å²) in [6, 6.07) is 13.2. The number of amides is 1. The third-order valence-corrected chi connectivity index (χ3v) is 4.25. The molecular formula is C19H20BrNO3. The minimum Gasteiger partial charge on any atom is -0.497 e. The molecule has 24 heavy (non-hydrogen) atoms. The molecule has 0 radical (unpaired) electrons. The molecule has 2 rings (SSSR count). The number of carbonyl (C=O) groups excluding carboxylic acids is 1. The second-order valence-corrected chi connectivity index (χ2v) is 6.09. The van der Waals surface area contributed by atoms with E-state index >= 15 is 0 Å². The highest BCUT2D eigenvalue weighted by Gasteiger charge is 2.10. The first-order chi connectivity index (χ1) is 11.5. The van der Waals surface area contributed by atoms with Crippen molar-refractivity contribution >= 4 is 27.9 Å². The predicted octanol–water partition coefficient (Wildman–Crippen LogP) is 4.36. The number of hydrogen-bond acceptors (Lipinski definition) is 3. The van der Waals surface area contributed by atoms with Crippen molar-refractivity contribution in [2.24, 2.45) is 0 Å². The topological polar surface area (TPSA) is 47.6 Å². The van der Waals surface area contributed by atoms with E-state index in [0.717, 1.165) is 15.6 Å².